The number of hydrogen-bond acceptors (Lipinski definition) is 6. The van der Waals surface area contributed by atoms with Gasteiger partial charge in [0.1, 0.15) is 11.5 Å². The maximum Gasteiger partial charge on any atom is 0.471 e. The maximum absolute atomic E-state index is 12.8. The number of carbonyl (C=O) groups is 1. The highest BCUT2D eigenvalue weighted by Crippen LogP contribution is 2.29. The van der Waals surface area contributed by atoms with Gasteiger partial charge in [-0.25, -0.2) is 4.98 Å². The highest BCUT2D eigenvalue weighted by Gasteiger charge is 2.38. The van der Waals surface area contributed by atoms with Gasteiger partial charge in [0.05, 0.1) is 0 Å². The second-order valence-corrected chi connectivity index (χ2v) is 7.38. The lowest BCUT2D eigenvalue weighted by molar-refractivity contribution is -0.159. The summed E-state index contributed by atoms with van der Waals surface area (Å²) in [6.45, 7) is 2.21. The van der Waals surface area contributed by atoms with E-state index in [9.17, 15) is 18.0 Å². The summed E-state index contributed by atoms with van der Waals surface area (Å²) < 4.78 is 42.1. The third kappa shape index (κ3) is 3.77. The third-order valence-corrected chi connectivity index (χ3v) is 5.33. The van der Waals surface area contributed by atoms with Gasteiger partial charge >= 0.3 is 12.1 Å². The van der Waals surface area contributed by atoms with Gasteiger partial charge in [0.25, 0.3) is 5.91 Å². The van der Waals surface area contributed by atoms with Crippen LogP contribution in [0.5, 0.6) is 0 Å². The smallest absolute Gasteiger partial charge is 0.353 e. The van der Waals surface area contributed by atoms with Crippen molar-refractivity contribution in [1.29, 1.82) is 0 Å². The van der Waals surface area contributed by atoms with Gasteiger partial charge in [-0.2, -0.15) is 18.2 Å². The second-order valence-electron chi connectivity index (χ2n) is 7.38. The van der Waals surface area contributed by atoms with E-state index < -0.39 is 12.1 Å². The summed E-state index contributed by atoms with van der Waals surface area (Å²) in [6.07, 6.45) is -3.29. The van der Waals surface area contributed by atoms with Crippen LogP contribution in [-0.2, 0) is 6.18 Å². The van der Waals surface area contributed by atoms with E-state index in [0.29, 0.717) is 43.3 Å². The van der Waals surface area contributed by atoms with Crippen LogP contribution in [0.3, 0.4) is 0 Å². The first-order chi connectivity index (χ1) is 15.4. The van der Waals surface area contributed by atoms with Crippen LogP contribution in [0.4, 0.5) is 19.0 Å². The molecular weight excluding hydrogens is 425 g/mol. The summed E-state index contributed by atoms with van der Waals surface area (Å²) in [6, 6.07) is 12.9. The second kappa shape index (κ2) is 7.66. The molecule has 0 unspecified atom stereocenters. The molecule has 4 heterocycles. The Bertz CT molecular complexity index is 1220. The largest absolute Gasteiger partial charge is 0.471 e. The number of nitrogens with one attached hydrogen (secondary N) is 1. The molecule has 4 aromatic rings. The molecule has 1 fully saturated rings. The number of nitrogens with zero attached hydrogens (tertiary/aromatic N) is 5. The summed E-state index contributed by atoms with van der Waals surface area (Å²) in [5.41, 5.74) is 1.80. The van der Waals surface area contributed by atoms with Gasteiger partial charge in [-0.05, 0) is 24.3 Å². The van der Waals surface area contributed by atoms with Crippen LogP contribution in [-0.4, -0.2) is 57.1 Å². The summed E-state index contributed by atoms with van der Waals surface area (Å²) in [5, 5.41) is 4.35. The molecule has 0 aliphatic carbocycles. The van der Waals surface area contributed by atoms with Crippen molar-refractivity contribution in [2.75, 3.05) is 31.1 Å². The summed E-state index contributed by atoms with van der Waals surface area (Å²) in [4.78, 5) is 27.5. The Kier molecular flexibility index (Phi) is 4.80. The first-order valence-corrected chi connectivity index (χ1v) is 9.88. The van der Waals surface area contributed by atoms with E-state index >= 15 is 0 Å². The van der Waals surface area contributed by atoms with Crippen LogP contribution in [0, 0.1) is 0 Å². The highest BCUT2D eigenvalue weighted by molar-refractivity contribution is 5.98. The molecule has 164 valence electrons. The van der Waals surface area contributed by atoms with Crippen molar-refractivity contribution in [3.8, 4) is 11.4 Å². The molecule has 1 aliphatic rings. The van der Waals surface area contributed by atoms with Gasteiger partial charge < -0.3 is 19.3 Å². The number of benzene rings is 1. The third-order valence-electron chi connectivity index (χ3n) is 5.33. The molecule has 0 saturated carbocycles. The van der Waals surface area contributed by atoms with E-state index in [4.69, 9.17) is 0 Å². The number of aromatic amines is 1. The number of fused-ring (bicyclic) bond motifs is 1. The SMILES string of the molecule is O=C(c1cc2ccccc2[nH]1)N1CCN(c2ccc(-c3noc(C(F)(F)F)n3)cn2)CC1. The van der Waals surface area contributed by atoms with Crippen molar-refractivity contribution in [1.82, 2.24) is 25.0 Å². The quantitative estimate of drug-likeness (QED) is 0.522. The minimum atomic E-state index is -4.69. The molecule has 1 saturated heterocycles. The molecule has 32 heavy (non-hydrogen) atoms. The minimum absolute atomic E-state index is 0.0540. The van der Waals surface area contributed by atoms with Gasteiger partial charge in [-0.15, -0.1) is 0 Å². The van der Waals surface area contributed by atoms with Crippen LogP contribution in [0.2, 0.25) is 0 Å². The first-order valence-electron chi connectivity index (χ1n) is 9.88. The molecule has 1 N–H and O–H groups in total. The number of pyridine rings is 1. The van der Waals surface area contributed by atoms with Crippen molar-refractivity contribution in [2.45, 2.75) is 6.18 Å². The fraction of sp³-hybridized carbons (Fsp3) is 0.238. The average Bonchev–Trinajstić information content (AvgIpc) is 3.46. The van der Waals surface area contributed by atoms with E-state index in [1.807, 2.05) is 35.2 Å². The molecule has 1 amide bonds. The number of carbonyl (C=O) groups excluding carboxylic acids is 1. The predicted octanol–water partition coefficient (Wildman–Crippen LogP) is 3.59. The van der Waals surface area contributed by atoms with Crippen LogP contribution >= 0.6 is 0 Å². The standard InChI is InChI=1S/C21H17F3N6O2/c22-21(23,24)20-27-18(28-32-20)14-5-6-17(25-12-14)29-7-9-30(10-8-29)19(31)16-11-13-3-1-2-4-15(13)26-16/h1-6,11-12,26H,7-10H2. The number of para-hydroxylation sites is 1. The molecule has 5 rings (SSSR count). The van der Waals surface area contributed by atoms with Crippen molar-refractivity contribution >= 4 is 22.6 Å². The monoisotopic (exact) mass is 442 g/mol. The normalized spacial score (nSPS) is 14.8. The lowest BCUT2D eigenvalue weighted by Crippen LogP contribution is -2.49. The van der Waals surface area contributed by atoms with Crippen molar-refractivity contribution < 1.29 is 22.5 Å². The van der Waals surface area contributed by atoms with Crippen molar-refractivity contribution in [3.63, 3.8) is 0 Å². The number of hydrogen-bond donors (Lipinski definition) is 1. The molecule has 0 atom stereocenters. The number of piperazine rings is 1. The van der Waals surface area contributed by atoms with E-state index in [1.165, 1.54) is 6.20 Å². The number of anilines is 1. The molecule has 8 nitrogen and oxygen atoms in total. The van der Waals surface area contributed by atoms with Crippen LogP contribution in [0.25, 0.3) is 22.3 Å². The number of rotatable bonds is 3. The Balaban J connectivity index is 1.23. The lowest BCUT2D eigenvalue weighted by Gasteiger charge is -2.35. The van der Waals surface area contributed by atoms with E-state index in [2.05, 4.69) is 24.6 Å². The number of amides is 1. The Morgan fingerprint density at radius 1 is 1.06 bits per heavy atom. The fourth-order valence-corrected chi connectivity index (χ4v) is 3.66. The van der Waals surface area contributed by atoms with Crippen molar-refractivity contribution in [3.05, 3.63) is 60.2 Å². The fourth-order valence-electron chi connectivity index (χ4n) is 3.66. The topological polar surface area (TPSA) is 91.2 Å². The van der Waals surface area contributed by atoms with E-state index in [-0.39, 0.29) is 11.7 Å². The van der Waals surface area contributed by atoms with Crippen LogP contribution < -0.4 is 4.90 Å². The zero-order chi connectivity index (χ0) is 22.3. The Hall–Kier alpha value is -3.89. The van der Waals surface area contributed by atoms with E-state index in [0.717, 1.165) is 10.9 Å². The first kappa shape index (κ1) is 20.0. The number of H-pyrrole nitrogens is 1. The predicted molar refractivity (Wildman–Crippen MR) is 109 cm³/mol. The number of halogens is 3. The molecule has 11 heteroatoms. The highest BCUT2D eigenvalue weighted by atomic mass is 19.4. The molecule has 1 aliphatic heterocycles. The molecule has 3 aromatic heterocycles. The number of aromatic nitrogens is 4. The van der Waals surface area contributed by atoms with Crippen LogP contribution in [0.1, 0.15) is 16.4 Å². The molecule has 0 bridgehead atoms. The van der Waals surface area contributed by atoms with Gasteiger partial charge in [-0.1, -0.05) is 23.4 Å². The van der Waals surface area contributed by atoms with Crippen LogP contribution in [0.15, 0.2) is 53.2 Å². The zero-order valence-electron chi connectivity index (χ0n) is 16.6. The molecule has 0 radical (unpaired) electrons. The lowest BCUT2D eigenvalue weighted by atomic mass is 10.2. The maximum atomic E-state index is 12.8. The Labute approximate surface area is 179 Å². The average molecular weight is 442 g/mol. The molecule has 1 aromatic carbocycles. The summed E-state index contributed by atoms with van der Waals surface area (Å²) in [7, 11) is 0. The number of alkyl halides is 3. The summed E-state index contributed by atoms with van der Waals surface area (Å²) in [5.74, 6) is -0.967. The van der Waals surface area contributed by atoms with Gasteiger partial charge in [0, 0.05) is 48.8 Å². The minimum Gasteiger partial charge on any atom is -0.353 e. The molecular formula is C21H17F3N6O2. The zero-order valence-corrected chi connectivity index (χ0v) is 16.6. The van der Waals surface area contributed by atoms with Gasteiger partial charge in [-0.3, -0.25) is 4.79 Å². The molecule has 0 spiro atoms. The van der Waals surface area contributed by atoms with E-state index in [1.54, 1.807) is 17.0 Å². The van der Waals surface area contributed by atoms with Gasteiger partial charge in [0.15, 0.2) is 0 Å². The Morgan fingerprint density at radius 3 is 2.50 bits per heavy atom. The van der Waals surface area contributed by atoms with Gasteiger partial charge in [0.2, 0.25) is 5.82 Å². The summed E-state index contributed by atoms with van der Waals surface area (Å²) >= 11 is 0. The van der Waals surface area contributed by atoms with Crippen molar-refractivity contribution in [2.24, 2.45) is 0 Å². The Morgan fingerprint density at radius 2 is 1.84 bits per heavy atom.